The molecule has 3 nitrogen and oxygen atoms in total. The summed E-state index contributed by atoms with van der Waals surface area (Å²) in [6.07, 6.45) is 4.17. The summed E-state index contributed by atoms with van der Waals surface area (Å²) < 4.78 is 5.77. The molecule has 18 heavy (non-hydrogen) atoms. The van der Waals surface area contributed by atoms with Crippen LogP contribution in [0.4, 0.5) is 0 Å². The van der Waals surface area contributed by atoms with Crippen molar-refractivity contribution in [1.82, 2.24) is 10.2 Å². The Balaban J connectivity index is 1.79. The lowest BCUT2D eigenvalue weighted by molar-refractivity contribution is 0.0809. The number of likely N-dealkylation sites (tertiary alicyclic amines) is 1. The van der Waals surface area contributed by atoms with Gasteiger partial charge in [0.1, 0.15) is 0 Å². The molecular formula is C15H30N2O. The second-order valence-electron chi connectivity index (χ2n) is 6.38. The average molecular weight is 254 g/mol. The molecule has 1 N–H and O–H groups in total. The van der Waals surface area contributed by atoms with E-state index in [1.165, 1.54) is 19.4 Å². The van der Waals surface area contributed by atoms with E-state index in [2.05, 4.69) is 38.0 Å². The Kier molecular flexibility index (Phi) is 5.05. The maximum atomic E-state index is 5.77. The summed E-state index contributed by atoms with van der Waals surface area (Å²) in [6, 6.07) is 1.40. The minimum absolute atomic E-state index is 0.497. The van der Waals surface area contributed by atoms with E-state index in [9.17, 15) is 0 Å². The largest absolute Gasteiger partial charge is 0.378 e. The van der Waals surface area contributed by atoms with Crippen molar-refractivity contribution in [3.05, 3.63) is 0 Å². The highest BCUT2D eigenvalue weighted by Crippen LogP contribution is 2.25. The van der Waals surface area contributed by atoms with Gasteiger partial charge in [-0.1, -0.05) is 13.8 Å². The van der Waals surface area contributed by atoms with E-state index >= 15 is 0 Å². The smallest absolute Gasteiger partial charge is 0.0613 e. The zero-order valence-electron chi connectivity index (χ0n) is 12.5. The first-order valence-corrected chi connectivity index (χ1v) is 7.67. The number of hydrogen-bond acceptors (Lipinski definition) is 3. The second kappa shape index (κ2) is 6.36. The fourth-order valence-corrected chi connectivity index (χ4v) is 3.51. The van der Waals surface area contributed by atoms with Crippen LogP contribution in [0.15, 0.2) is 0 Å². The number of nitrogens with one attached hydrogen (secondary N) is 1. The summed E-state index contributed by atoms with van der Waals surface area (Å²) in [5.41, 5.74) is 0. The summed E-state index contributed by atoms with van der Waals surface area (Å²) >= 11 is 0. The highest BCUT2D eigenvalue weighted by atomic mass is 16.5. The van der Waals surface area contributed by atoms with E-state index < -0.39 is 0 Å². The predicted octanol–water partition coefficient (Wildman–Crippen LogP) is 2.12. The van der Waals surface area contributed by atoms with Crippen LogP contribution in [0.25, 0.3) is 0 Å². The Hall–Kier alpha value is -0.120. The van der Waals surface area contributed by atoms with Crippen LogP contribution in [0, 0.1) is 11.8 Å². The Morgan fingerprint density at radius 3 is 2.83 bits per heavy atom. The molecule has 2 saturated heterocycles. The van der Waals surface area contributed by atoms with Crippen molar-refractivity contribution in [2.24, 2.45) is 11.8 Å². The lowest BCUT2D eigenvalue weighted by Crippen LogP contribution is -2.52. The lowest BCUT2D eigenvalue weighted by atomic mass is 9.89. The molecule has 3 heteroatoms. The Morgan fingerprint density at radius 2 is 2.11 bits per heavy atom. The summed E-state index contributed by atoms with van der Waals surface area (Å²) in [7, 11) is 2.25. The summed E-state index contributed by atoms with van der Waals surface area (Å²) in [4.78, 5) is 2.48. The van der Waals surface area contributed by atoms with E-state index in [1.807, 2.05) is 0 Å². The maximum absolute atomic E-state index is 5.77. The number of rotatable bonds is 4. The molecular weight excluding hydrogens is 224 g/mol. The number of ether oxygens (including phenoxy) is 1. The molecule has 0 aromatic heterocycles. The van der Waals surface area contributed by atoms with Crippen molar-refractivity contribution in [3.63, 3.8) is 0 Å². The number of hydrogen-bond donors (Lipinski definition) is 1. The monoisotopic (exact) mass is 254 g/mol. The molecule has 2 fully saturated rings. The van der Waals surface area contributed by atoms with E-state index in [1.54, 1.807) is 0 Å². The van der Waals surface area contributed by atoms with Gasteiger partial charge in [0.2, 0.25) is 0 Å². The van der Waals surface area contributed by atoms with E-state index in [4.69, 9.17) is 4.74 Å². The van der Waals surface area contributed by atoms with Crippen LogP contribution in [0.2, 0.25) is 0 Å². The molecule has 0 saturated carbocycles. The van der Waals surface area contributed by atoms with E-state index in [-0.39, 0.29) is 0 Å². The SMILES string of the molecule is CCC1OCCC1CNC1CC(C)N(C)CC1C. The maximum Gasteiger partial charge on any atom is 0.0613 e. The summed E-state index contributed by atoms with van der Waals surface area (Å²) in [5.74, 6) is 1.49. The van der Waals surface area contributed by atoms with Gasteiger partial charge in [0.05, 0.1) is 6.10 Å². The van der Waals surface area contributed by atoms with Crippen LogP contribution in [0.5, 0.6) is 0 Å². The van der Waals surface area contributed by atoms with Gasteiger partial charge in [0.15, 0.2) is 0 Å². The van der Waals surface area contributed by atoms with Crippen LogP contribution in [0.1, 0.15) is 40.0 Å². The zero-order chi connectivity index (χ0) is 13.1. The predicted molar refractivity (Wildman–Crippen MR) is 75.8 cm³/mol. The van der Waals surface area contributed by atoms with Crippen molar-refractivity contribution < 1.29 is 4.74 Å². The standard InChI is InChI=1S/C15H30N2O/c1-5-15-13(6-7-18-15)9-16-14-8-12(3)17(4)10-11(14)2/h11-16H,5-10H2,1-4H3. The first kappa shape index (κ1) is 14.3. The van der Waals surface area contributed by atoms with Crippen molar-refractivity contribution in [2.75, 3.05) is 26.7 Å². The van der Waals surface area contributed by atoms with Crippen LogP contribution in [0.3, 0.4) is 0 Å². The van der Waals surface area contributed by atoms with Crippen LogP contribution >= 0.6 is 0 Å². The van der Waals surface area contributed by atoms with Crippen LogP contribution < -0.4 is 5.32 Å². The normalized spacial score (nSPS) is 42.3. The van der Waals surface area contributed by atoms with Gasteiger partial charge < -0.3 is 15.0 Å². The Labute approximate surface area is 112 Å². The lowest BCUT2D eigenvalue weighted by Gasteiger charge is -2.40. The van der Waals surface area contributed by atoms with Gasteiger partial charge in [-0.2, -0.15) is 0 Å². The van der Waals surface area contributed by atoms with Gasteiger partial charge in [-0.05, 0) is 45.1 Å². The molecule has 106 valence electrons. The topological polar surface area (TPSA) is 24.5 Å². The molecule has 2 rings (SSSR count). The molecule has 5 atom stereocenters. The van der Waals surface area contributed by atoms with Crippen molar-refractivity contribution in [2.45, 2.75) is 58.2 Å². The van der Waals surface area contributed by atoms with Gasteiger partial charge in [0, 0.05) is 31.8 Å². The van der Waals surface area contributed by atoms with Crippen molar-refractivity contribution in [3.8, 4) is 0 Å². The third kappa shape index (κ3) is 3.25. The molecule has 2 aliphatic rings. The minimum Gasteiger partial charge on any atom is -0.378 e. The molecule has 0 radical (unpaired) electrons. The highest BCUT2D eigenvalue weighted by Gasteiger charge is 2.31. The minimum atomic E-state index is 0.497. The van der Waals surface area contributed by atoms with Crippen LogP contribution in [-0.4, -0.2) is 49.8 Å². The van der Waals surface area contributed by atoms with Gasteiger partial charge in [0.25, 0.3) is 0 Å². The molecule has 5 unspecified atom stereocenters. The summed E-state index contributed by atoms with van der Waals surface area (Å²) in [6.45, 7) is 10.3. The second-order valence-corrected chi connectivity index (χ2v) is 6.38. The van der Waals surface area contributed by atoms with Gasteiger partial charge in [-0.15, -0.1) is 0 Å². The molecule has 0 aromatic rings. The average Bonchev–Trinajstić information content (AvgIpc) is 2.79. The quantitative estimate of drug-likeness (QED) is 0.832. The van der Waals surface area contributed by atoms with E-state index in [0.717, 1.165) is 31.4 Å². The molecule has 2 aliphatic heterocycles. The molecule has 2 heterocycles. The molecule has 0 aliphatic carbocycles. The first-order chi connectivity index (χ1) is 8.61. The zero-order valence-corrected chi connectivity index (χ0v) is 12.5. The molecule has 0 spiro atoms. The molecule has 0 aromatic carbocycles. The first-order valence-electron chi connectivity index (χ1n) is 7.67. The number of piperidine rings is 1. The Morgan fingerprint density at radius 1 is 1.33 bits per heavy atom. The van der Waals surface area contributed by atoms with Gasteiger partial charge in [-0.25, -0.2) is 0 Å². The van der Waals surface area contributed by atoms with Crippen LogP contribution in [-0.2, 0) is 4.74 Å². The van der Waals surface area contributed by atoms with Gasteiger partial charge >= 0.3 is 0 Å². The third-order valence-electron chi connectivity index (χ3n) is 5.00. The fourth-order valence-electron chi connectivity index (χ4n) is 3.51. The van der Waals surface area contributed by atoms with Crippen molar-refractivity contribution in [1.29, 1.82) is 0 Å². The summed E-state index contributed by atoms with van der Waals surface area (Å²) in [5, 5.41) is 3.82. The number of nitrogens with zero attached hydrogens (tertiary/aromatic N) is 1. The van der Waals surface area contributed by atoms with Crippen molar-refractivity contribution >= 4 is 0 Å². The molecule has 0 bridgehead atoms. The van der Waals surface area contributed by atoms with E-state index in [0.29, 0.717) is 18.2 Å². The fraction of sp³-hybridized carbons (Fsp3) is 1.00. The molecule has 0 amide bonds. The van der Waals surface area contributed by atoms with Gasteiger partial charge in [-0.3, -0.25) is 0 Å². The highest BCUT2D eigenvalue weighted by molar-refractivity contribution is 4.87. The third-order valence-corrected chi connectivity index (χ3v) is 5.00. The Bertz CT molecular complexity index is 259.